The molecule has 5 aliphatic rings. The number of H-pyrrole nitrogens is 1. The quantitative estimate of drug-likeness (QED) is 0.380. The summed E-state index contributed by atoms with van der Waals surface area (Å²) in [6, 6.07) is 9.90. The van der Waals surface area contributed by atoms with Gasteiger partial charge in [-0.1, -0.05) is 23.7 Å². The number of fused-ring (bicyclic) bond motifs is 4. The van der Waals surface area contributed by atoms with Crippen LogP contribution < -0.4 is 5.69 Å². The van der Waals surface area contributed by atoms with Gasteiger partial charge in [0.15, 0.2) is 0 Å². The van der Waals surface area contributed by atoms with Gasteiger partial charge in [-0.15, -0.1) is 0 Å². The Morgan fingerprint density at radius 1 is 0.939 bits per heavy atom. The number of aromatic nitrogens is 2. The number of carbonyl (C=O) groups excluding carboxylic acids is 2. The molecule has 2 amide bonds. The molecule has 1 unspecified atom stereocenters. The second-order valence-corrected chi connectivity index (χ2v) is 14.5. The molecule has 5 fully saturated rings. The highest BCUT2D eigenvalue weighted by atomic mass is 35.5. The molecule has 6 heterocycles. The van der Waals surface area contributed by atoms with E-state index in [0.29, 0.717) is 64.1 Å². The maximum atomic E-state index is 14.1. The molecule has 2 N–H and O–H groups in total. The van der Waals surface area contributed by atoms with Gasteiger partial charge in [0, 0.05) is 64.3 Å². The van der Waals surface area contributed by atoms with Gasteiger partial charge in [-0.25, -0.2) is 4.79 Å². The number of piperazine rings is 1. The minimum absolute atomic E-state index is 0.0995. The molecule has 5 saturated heterocycles. The third-order valence-electron chi connectivity index (χ3n) is 11.2. The van der Waals surface area contributed by atoms with Crippen molar-refractivity contribution in [3.63, 3.8) is 0 Å². The number of amides is 2. The van der Waals surface area contributed by atoms with Crippen LogP contribution in [0.25, 0.3) is 11.0 Å². The summed E-state index contributed by atoms with van der Waals surface area (Å²) in [4.78, 5) is 51.9. The van der Waals surface area contributed by atoms with Crippen LogP contribution in [0.2, 0.25) is 5.02 Å². The molecule has 0 saturated carbocycles. The molecule has 1 aromatic heterocycles. The minimum Gasteiger partial charge on any atom is -0.506 e. The number of benzene rings is 2. The van der Waals surface area contributed by atoms with E-state index in [0.717, 1.165) is 36.7 Å². The van der Waals surface area contributed by atoms with E-state index in [1.54, 1.807) is 14.4 Å². The summed E-state index contributed by atoms with van der Waals surface area (Å²) < 4.78 is 43.0. The Bertz CT molecular complexity index is 1750. The lowest BCUT2D eigenvalue weighted by Gasteiger charge is -2.51. The lowest BCUT2D eigenvalue weighted by atomic mass is 9.83. The van der Waals surface area contributed by atoms with Gasteiger partial charge in [0.1, 0.15) is 5.75 Å². The fourth-order valence-electron chi connectivity index (χ4n) is 8.55. The number of alkyl halides is 3. The molecule has 14 heteroatoms. The van der Waals surface area contributed by atoms with Gasteiger partial charge in [-0.2, -0.15) is 13.2 Å². The third-order valence-corrected chi connectivity index (χ3v) is 11.5. The number of phenolic OH excluding ortho intramolecular Hbond substituents is 1. The zero-order chi connectivity index (χ0) is 34.4. The van der Waals surface area contributed by atoms with Gasteiger partial charge in [0.05, 0.1) is 27.5 Å². The fourth-order valence-corrected chi connectivity index (χ4v) is 8.79. The van der Waals surface area contributed by atoms with Crippen LogP contribution in [-0.2, 0) is 22.2 Å². The largest absolute Gasteiger partial charge is 0.506 e. The maximum Gasteiger partial charge on any atom is 0.420 e. The van der Waals surface area contributed by atoms with Crippen molar-refractivity contribution < 1.29 is 27.9 Å². The van der Waals surface area contributed by atoms with Crippen LogP contribution in [0.15, 0.2) is 41.2 Å². The second kappa shape index (κ2) is 13.6. The number of phenols is 1. The van der Waals surface area contributed by atoms with Crippen LogP contribution in [0.5, 0.6) is 5.75 Å². The summed E-state index contributed by atoms with van der Waals surface area (Å²) >= 11 is 6.03. The fraction of sp³-hybridized carbons (Fsp3) is 0.571. The Labute approximate surface area is 287 Å². The predicted octanol–water partition coefficient (Wildman–Crippen LogP) is 4.36. The second-order valence-electron chi connectivity index (χ2n) is 14.1. The molecule has 0 spiro atoms. The number of para-hydroxylation sites is 2. The first kappa shape index (κ1) is 33.9. The number of imidazole rings is 1. The van der Waals surface area contributed by atoms with Crippen molar-refractivity contribution in [2.45, 2.75) is 56.8 Å². The van der Waals surface area contributed by atoms with E-state index in [9.17, 15) is 32.7 Å². The van der Waals surface area contributed by atoms with Crippen molar-refractivity contribution in [1.82, 2.24) is 29.2 Å². The molecular formula is C35H42ClF3N6O4. The van der Waals surface area contributed by atoms with E-state index in [1.165, 1.54) is 18.9 Å². The van der Waals surface area contributed by atoms with E-state index < -0.39 is 28.4 Å². The van der Waals surface area contributed by atoms with Crippen molar-refractivity contribution in [2.75, 3.05) is 58.9 Å². The standard InChI is InChI=1S/C35H42ClF3N6O4/c36-27-19-22(18-26(32(27)47)35(37,38)39)17-24(33(48)44-15-13-42(14-16-44)30-21-41-9-5-23(30)6-10-41)20-31(46)43-11-7-25(8-12-43)45-29-4-2-1-3-28(29)40-34(45)49/h1-4,18-19,23-25,30,47H,5-17,20-21H2,(H,40,49)/t24-,30?/m0/s1. The van der Waals surface area contributed by atoms with Crippen LogP contribution in [0.3, 0.4) is 0 Å². The molecule has 10 nitrogen and oxygen atoms in total. The van der Waals surface area contributed by atoms with E-state index in [2.05, 4.69) is 14.8 Å². The minimum atomic E-state index is -4.85. The van der Waals surface area contributed by atoms with E-state index >= 15 is 0 Å². The first-order chi connectivity index (χ1) is 23.5. The highest BCUT2D eigenvalue weighted by Gasteiger charge is 2.40. The Balaban J connectivity index is 1.05. The van der Waals surface area contributed by atoms with Gasteiger partial charge in [0.2, 0.25) is 11.8 Å². The highest BCUT2D eigenvalue weighted by Crippen LogP contribution is 2.41. The van der Waals surface area contributed by atoms with Gasteiger partial charge in [-0.3, -0.25) is 19.1 Å². The molecule has 2 aromatic carbocycles. The average molecular weight is 703 g/mol. The van der Waals surface area contributed by atoms with Crippen LogP contribution >= 0.6 is 11.6 Å². The van der Waals surface area contributed by atoms with Crippen molar-refractivity contribution in [3.05, 3.63) is 63.0 Å². The molecule has 49 heavy (non-hydrogen) atoms. The number of rotatable bonds is 7. The first-order valence-electron chi connectivity index (χ1n) is 17.3. The van der Waals surface area contributed by atoms with Gasteiger partial charge in [0.25, 0.3) is 0 Å². The Morgan fingerprint density at radius 2 is 1.63 bits per heavy atom. The molecule has 5 aliphatic heterocycles. The zero-order valence-corrected chi connectivity index (χ0v) is 28.1. The smallest absolute Gasteiger partial charge is 0.420 e. The number of hydrogen-bond donors (Lipinski definition) is 2. The number of likely N-dealkylation sites (tertiary alicyclic amines) is 1. The van der Waals surface area contributed by atoms with Crippen LogP contribution in [-0.4, -0.2) is 111 Å². The van der Waals surface area contributed by atoms with Crippen molar-refractivity contribution in [1.29, 1.82) is 0 Å². The lowest BCUT2D eigenvalue weighted by molar-refractivity contribution is -0.143. The van der Waals surface area contributed by atoms with E-state index in [-0.39, 0.29) is 42.0 Å². The highest BCUT2D eigenvalue weighted by molar-refractivity contribution is 6.32. The summed E-state index contributed by atoms with van der Waals surface area (Å²) in [5.41, 5.74) is 0.219. The normalized spacial score (nSPS) is 24.4. The first-order valence-corrected chi connectivity index (χ1v) is 17.6. The van der Waals surface area contributed by atoms with Gasteiger partial charge < -0.3 is 24.8 Å². The Hall–Kier alpha value is -3.55. The predicted molar refractivity (Wildman–Crippen MR) is 178 cm³/mol. The molecular weight excluding hydrogens is 661 g/mol. The Morgan fingerprint density at radius 3 is 2.29 bits per heavy atom. The van der Waals surface area contributed by atoms with Crippen LogP contribution in [0.1, 0.15) is 49.3 Å². The molecule has 2 bridgehead atoms. The zero-order valence-electron chi connectivity index (χ0n) is 27.3. The SMILES string of the molecule is O=C(C[C@H](Cc1cc(Cl)c(O)c(C(F)(F)F)c1)C(=O)N1CCN(C2CN3CCC2CC3)CC1)N1CCC(n2c(=O)[nH]c3ccccc32)CC1. The van der Waals surface area contributed by atoms with Crippen LogP contribution in [0.4, 0.5) is 13.2 Å². The molecule has 0 aliphatic carbocycles. The van der Waals surface area contributed by atoms with E-state index in [1.807, 2.05) is 24.3 Å². The molecule has 0 radical (unpaired) electrons. The molecule has 3 aromatic rings. The monoisotopic (exact) mass is 702 g/mol. The summed E-state index contributed by atoms with van der Waals surface area (Å²) in [6.07, 6.45) is -1.66. The number of nitrogens with zero attached hydrogens (tertiary/aromatic N) is 5. The molecule has 2 atom stereocenters. The third kappa shape index (κ3) is 6.94. The van der Waals surface area contributed by atoms with Gasteiger partial charge in [-0.05, 0) is 80.9 Å². The number of nitrogens with one attached hydrogen (secondary N) is 1. The number of aromatic amines is 1. The van der Waals surface area contributed by atoms with Gasteiger partial charge >= 0.3 is 11.9 Å². The van der Waals surface area contributed by atoms with Crippen LogP contribution in [0, 0.1) is 11.8 Å². The average Bonchev–Trinajstić information content (AvgIpc) is 3.44. The number of halogens is 4. The maximum absolute atomic E-state index is 14.1. The number of aromatic hydroxyl groups is 1. The molecule has 8 rings (SSSR count). The molecule has 264 valence electrons. The van der Waals surface area contributed by atoms with Crippen molar-refractivity contribution in [3.8, 4) is 5.75 Å². The summed E-state index contributed by atoms with van der Waals surface area (Å²) in [6.45, 7) is 6.51. The lowest BCUT2D eigenvalue weighted by Crippen LogP contribution is -2.61. The number of piperidine rings is 4. The topological polar surface area (TPSA) is 105 Å². The summed E-state index contributed by atoms with van der Waals surface area (Å²) in [5, 5.41) is 9.58. The summed E-state index contributed by atoms with van der Waals surface area (Å²) in [7, 11) is 0. The van der Waals surface area contributed by atoms with Crippen molar-refractivity contribution >= 4 is 34.4 Å². The Kier molecular flexibility index (Phi) is 9.44. The number of carbonyl (C=O) groups is 2. The number of hydrogen-bond acceptors (Lipinski definition) is 6. The van der Waals surface area contributed by atoms with E-state index in [4.69, 9.17) is 11.6 Å². The van der Waals surface area contributed by atoms with Crippen molar-refractivity contribution in [2.24, 2.45) is 11.8 Å². The summed E-state index contributed by atoms with van der Waals surface area (Å²) in [5.74, 6) is -1.82.